The highest BCUT2D eigenvalue weighted by Crippen LogP contribution is 2.07. The number of nitrogens with zero attached hydrogens (tertiary/aromatic N) is 2. The van der Waals surface area contributed by atoms with Crippen molar-refractivity contribution < 1.29 is 19.4 Å². The first-order chi connectivity index (χ1) is 8.61. The summed E-state index contributed by atoms with van der Waals surface area (Å²) in [4.78, 5) is 30.7. The number of amides is 1. The molecule has 1 rings (SSSR count). The second-order valence-electron chi connectivity index (χ2n) is 3.51. The molecule has 0 atom stereocenters. The van der Waals surface area contributed by atoms with Crippen LogP contribution >= 0.6 is 0 Å². The molecule has 1 aromatic heterocycles. The Morgan fingerprint density at radius 2 is 2.22 bits per heavy atom. The molecule has 7 heteroatoms. The number of carboxylic acid groups (broad SMARTS) is 1. The Bertz CT molecular complexity index is 416. The van der Waals surface area contributed by atoms with Gasteiger partial charge in [-0.1, -0.05) is 0 Å². The van der Waals surface area contributed by atoms with Crippen LogP contribution in [0.15, 0.2) is 6.33 Å². The fraction of sp³-hybridized carbons (Fsp3) is 0.545. The van der Waals surface area contributed by atoms with Gasteiger partial charge < -0.3 is 19.7 Å². The second kappa shape index (κ2) is 6.75. The van der Waals surface area contributed by atoms with Gasteiger partial charge in [0.1, 0.15) is 0 Å². The molecule has 2 N–H and O–H groups in total. The lowest BCUT2D eigenvalue weighted by Gasteiger charge is -2.19. The molecule has 0 aromatic carbocycles. The lowest BCUT2D eigenvalue weighted by molar-refractivity contribution is 0.0635. The minimum Gasteiger partial charge on any atom is -0.477 e. The van der Waals surface area contributed by atoms with E-state index in [1.165, 1.54) is 11.2 Å². The Labute approximate surface area is 105 Å². The van der Waals surface area contributed by atoms with E-state index in [1.807, 2.05) is 13.8 Å². The van der Waals surface area contributed by atoms with E-state index < -0.39 is 11.9 Å². The first-order valence-corrected chi connectivity index (χ1v) is 5.75. The molecule has 7 nitrogen and oxygen atoms in total. The molecule has 0 bridgehead atoms. The van der Waals surface area contributed by atoms with Crippen LogP contribution in [0.2, 0.25) is 0 Å². The first-order valence-electron chi connectivity index (χ1n) is 5.75. The number of aromatic carboxylic acids is 1. The third kappa shape index (κ3) is 3.30. The average Bonchev–Trinajstić information content (AvgIpc) is 2.83. The van der Waals surface area contributed by atoms with Crippen molar-refractivity contribution in [2.24, 2.45) is 0 Å². The zero-order valence-electron chi connectivity index (χ0n) is 10.5. The molecular weight excluding hydrogens is 238 g/mol. The highest BCUT2D eigenvalue weighted by atomic mass is 16.5. The topological polar surface area (TPSA) is 95.5 Å². The van der Waals surface area contributed by atoms with Gasteiger partial charge in [0.25, 0.3) is 5.91 Å². The molecule has 0 aliphatic carbocycles. The summed E-state index contributed by atoms with van der Waals surface area (Å²) in [6.45, 7) is 5.57. The molecule has 0 unspecified atom stereocenters. The smallest absolute Gasteiger partial charge is 0.354 e. The number of rotatable bonds is 7. The van der Waals surface area contributed by atoms with Crippen LogP contribution in [0.1, 0.15) is 34.8 Å². The normalized spacial score (nSPS) is 10.3. The predicted molar refractivity (Wildman–Crippen MR) is 63.6 cm³/mol. The highest BCUT2D eigenvalue weighted by Gasteiger charge is 2.23. The summed E-state index contributed by atoms with van der Waals surface area (Å²) < 4.78 is 5.17. The maximum absolute atomic E-state index is 12.1. The van der Waals surface area contributed by atoms with E-state index in [1.54, 1.807) is 0 Å². The number of hydrogen-bond acceptors (Lipinski definition) is 4. The number of nitrogens with one attached hydrogen (secondary N) is 1. The number of imidazole rings is 1. The van der Waals surface area contributed by atoms with E-state index in [0.29, 0.717) is 26.3 Å². The predicted octanol–water partition coefficient (Wildman–Crippen LogP) is 0.607. The molecule has 0 saturated heterocycles. The van der Waals surface area contributed by atoms with Crippen LogP contribution in [-0.2, 0) is 4.74 Å². The van der Waals surface area contributed by atoms with Crippen molar-refractivity contribution >= 4 is 11.9 Å². The van der Waals surface area contributed by atoms with Crippen LogP contribution in [0, 0.1) is 0 Å². The number of carboxylic acids is 1. The molecule has 0 aliphatic heterocycles. The van der Waals surface area contributed by atoms with E-state index in [9.17, 15) is 9.59 Å². The molecule has 1 heterocycles. The number of hydrogen-bond donors (Lipinski definition) is 2. The fourth-order valence-electron chi connectivity index (χ4n) is 1.49. The van der Waals surface area contributed by atoms with Crippen molar-refractivity contribution in [3.8, 4) is 0 Å². The highest BCUT2D eigenvalue weighted by molar-refractivity contribution is 6.02. The largest absolute Gasteiger partial charge is 0.477 e. The fourth-order valence-corrected chi connectivity index (χ4v) is 1.49. The van der Waals surface area contributed by atoms with Crippen molar-refractivity contribution in [3.63, 3.8) is 0 Å². The van der Waals surface area contributed by atoms with Gasteiger partial charge in [0.05, 0.1) is 12.9 Å². The van der Waals surface area contributed by atoms with E-state index in [4.69, 9.17) is 9.84 Å². The van der Waals surface area contributed by atoms with E-state index in [-0.39, 0.29) is 11.4 Å². The van der Waals surface area contributed by atoms with Gasteiger partial charge in [0.15, 0.2) is 11.4 Å². The summed E-state index contributed by atoms with van der Waals surface area (Å²) >= 11 is 0. The van der Waals surface area contributed by atoms with Crippen molar-refractivity contribution in [1.29, 1.82) is 0 Å². The lowest BCUT2D eigenvalue weighted by Crippen LogP contribution is -2.35. The maximum atomic E-state index is 12.1. The van der Waals surface area contributed by atoms with Crippen molar-refractivity contribution in [1.82, 2.24) is 14.9 Å². The van der Waals surface area contributed by atoms with E-state index in [0.717, 1.165) is 0 Å². The zero-order chi connectivity index (χ0) is 13.5. The molecule has 100 valence electrons. The maximum Gasteiger partial charge on any atom is 0.354 e. The van der Waals surface area contributed by atoms with Gasteiger partial charge >= 0.3 is 5.97 Å². The van der Waals surface area contributed by atoms with Crippen LogP contribution in [0.5, 0.6) is 0 Å². The molecule has 18 heavy (non-hydrogen) atoms. The lowest BCUT2D eigenvalue weighted by atomic mass is 10.3. The summed E-state index contributed by atoms with van der Waals surface area (Å²) in [7, 11) is 0. The number of H-pyrrole nitrogens is 1. The Morgan fingerprint density at radius 3 is 2.78 bits per heavy atom. The summed E-state index contributed by atoms with van der Waals surface area (Å²) in [6, 6.07) is 0. The van der Waals surface area contributed by atoms with Gasteiger partial charge in [0.2, 0.25) is 0 Å². The SMILES string of the molecule is CCOCCN(CC)C(=O)c1nc[nH]c1C(=O)O. The van der Waals surface area contributed by atoms with E-state index >= 15 is 0 Å². The third-order valence-electron chi connectivity index (χ3n) is 2.43. The molecule has 1 amide bonds. The minimum atomic E-state index is -1.20. The molecule has 0 spiro atoms. The number of likely N-dealkylation sites (N-methyl/N-ethyl adjacent to an activating group) is 1. The number of aromatic nitrogens is 2. The Morgan fingerprint density at radius 1 is 1.50 bits per heavy atom. The zero-order valence-corrected chi connectivity index (χ0v) is 10.5. The Balaban J connectivity index is 2.76. The minimum absolute atomic E-state index is 0.0687. The summed E-state index contributed by atoms with van der Waals surface area (Å²) in [5.41, 5.74) is -0.254. The standard InChI is InChI=1S/C11H17N3O4/c1-3-14(5-6-18-4-2)10(15)8-9(11(16)17)13-7-12-8/h7H,3-6H2,1-2H3,(H,12,13)(H,16,17). The summed E-state index contributed by atoms with van der Waals surface area (Å²) in [6.07, 6.45) is 1.20. The Hall–Kier alpha value is -1.89. The van der Waals surface area contributed by atoms with Crippen LogP contribution in [0.25, 0.3) is 0 Å². The molecule has 0 saturated carbocycles. The number of ether oxygens (including phenoxy) is 1. The summed E-state index contributed by atoms with van der Waals surface area (Å²) in [5, 5.41) is 8.91. The third-order valence-corrected chi connectivity index (χ3v) is 2.43. The molecular formula is C11H17N3O4. The van der Waals surface area contributed by atoms with Crippen LogP contribution in [-0.4, -0.2) is 58.2 Å². The average molecular weight is 255 g/mol. The van der Waals surface area contributed by atoms with Gasteiger partial charge in [0, 0.05) is 19.7 Å². The van der Waals surface area contributed by atoms with Crippen LogP contribution in [0.3, 0.4) is 0 Å². The van der Waals surface area contributed by atoms with Gasteiger partial charge in [-0.25, -0.2) is 9.78 Å². The van der Waals surface area contributed by atoms with Crippen molar-refractivity contribution in [2.45, 2.75) is 13.8 Å². The molecule has 1 aromatic rings. The molecule has 0 fully saturated rings. The van der Waals surface area contributed by atoms with Crippen LogP contribution in [0.4, 0.5) is 0 Å². The van der Waals surface area contributed by atoms with E-state index in [2.05, 4.69) is 9.97 Å². The second-order valence-corrected chi connectivity index (χ2v) is 3.51. The quantitative estimate of drug-likeness (QED) is 0.696. The van der Waals surface area contributed by atoms with Gasteiger partial charge in [-0.15, -0.1) is 0 Å². The van der Waals surface area contributed by atoms with Crippen molar-refractivity contribution in [2.75, 3.05) is 26.3 Å². The monoisotopic (exact) mass is 255 g/mol. The first kappa shape index (κ1) is 14.2. The molecule has 0 aliphatic rings. The Kier molecular flexibility index (Phi) is 5.31. The van der Waals surface area contributed by atoms with Gasteiger partial charge in [-0.05, 0) is 13.8 Å². The van der Waals surface area contributed by atoms with Crippen LogP contribution < -0.4 is 0 Å². The number of carbonyl (C=O) groups excluding carboxylic acids is 1. The number of aromatic amines is 1. The van der Waals surface area contributed by atoms with Gasteiger partial charge in [-0.2, -0.15) is 0 Å². The van der Waals surface area contributed by atoms with Gasteiger partial charge in [-0.3, -0.25) is 4.79 Å². The number of carbonyl (C=O) groups is 2. The summed E-state index contributed by atoms with van der Waals surface area (Å²) in [5.74, 6) is -1.60. The van der Waals surface area contributed by atoms with Crippen molar-refractivity contribution in [3.05, 3.63) is 17.7 Å². The molecule has 0 radical (unpaired) electrons.